The molecule has 0 aliphatic carbocycles. The molecular formula is C24H24FN3O4S. The smallest absolute Gasteiger partial charge is 0.243 e. The molecule has 7 nitrogen and oxygen atoms in total. The maximum absolute atomic E-state index is 13.3. The van der Waals surface area contributed by atoms with Crippen molar-refractivity contribution in [2.45, 2.75) is 25.3 Å². The van der Waals surface area contributed by atoms with Gasteiger partial charge in [0.2, 0.25) is 21.8 Å². The Balaban J connectivity index is 1.84. The molecule has 3 rings (SSSR count). The zero-order chi connectivity index (χ0) is 24.0. The van der Waals surface area contributed by atoms with E-state index in [0.717, 1.165) is 9.87 Å². The fraction of sp³-hybridized carbons (Fsp3) is 0.167. The number of nitrogens with one attached hydrogen (secondary N) is 2. The number of carbonyl (C=O) groups is 2. The Morgan fingerprint density at radius 2 is 1.52 bits per heavy atom. The first kappa shape index (κ1) is 24.1. The summed E-state index contributed by atoms with van der Waals surface area (Å²) < 4.78 is 40.9. The van der Waals surface area contributed by atoms with Crippen molar-refractivity contribution < 1.29 is 22.4 Å². The lowest BCUT2D eigenvalue weighted by molar-refractivity contribution is -0.116. The van der Waals surface area contributed by atoms with E-state index in [1.54, 1.807) is 36.4 Å². The van der Waals surface area contributed by atoms with Crippen molar-refractivity contribution in [3.8, 4) is 0 Å². The van der Waals surface area contributed by atoms with Crippen molar-refractivity contribution >= 4 is 33.2 Å². The summed E-state index contributed by atoms with van der Waals surface area (Å²) in [6.07, 6.45) is 0. The highest BCUT2D eigenvalue weighted by molar-refractivity contribution is 7.89. The van der Waals surface area contributed by atoms with Crippen molar-refractivity contribution in [2.24, 2.45) is 0 Å². The molecule has 0 bridgehead atoms. The highest BCUT2D eigenvalue weighted by Crippen LogP contribution is 2.20. The SMILES string of the molecule is CC(=O)Nc1cccc(NC(=O)CN(Cc2ccc(F)cc2)S(=O)(=O)c2ccc(C)cc2)c1. The highest BCUT2D eigenvalue weighted by Gasteiger charge is 2.27. The molecule has 0 aromatic heterocycles. The van der Waals surface area contributed by atoms with Crippen LogP contribution in [-0.4, -0.2) is 31.1 Å². The summed E-state index contributed by atoms with van der Waals surface area (Å²) in [5, 5.41) is 5.28. The lowest BCUT2D eigenvalue weighted by Gasteiger charge is -2.22. The van der Waals surface area contributed by atoms with Crippen LogP contribution in [0.15, 0.2) is 77.7 Å². The van der Waals surface area contributed by atoms with Crippen molar-refractivity contribution in [3.63, 3.8) is 0 Å². The number of nitrogens with zero attached hydrogens (tertiary/aromatic N) is 1. The standard InChI is InChI=1S/C24H24FN3O4S/c1-17-6-12-23(13-7-17)33(31,32)28(15-19-8-10-20(25)11-9-19)16-24(30)27-22-5-3-4-21(14-22)26-18(2)29/h3-14H,15-16H2,1-2H3,(H,26,29)(H,27,30). The van der Waals surface area contributed by atoms with Crippen molar-refractivity contribution in [2.75, 3.05) is 17.2 Å². The van der Waals surface area contributed by atoms with Gasteiger partial charge >= 0.3 is 0 Å². The van der Waals surface area contributed by atoms with E-state index in [1.807, 2.05) is 6.92 Å². The van der Waals surface area contributed by atoms with Gasteiger partial charge in [0.15, 0.2) is 0 Å². The lowest BCUT2D eigenvalue weighted by Crippen LogP contribution is -2.37. The summed E-state index contributed by atoms with van der Waals surface area (Å²) >= 11 is 0. The number of benzene rings is 3. The number of hydrogen-bond acceptors (Lipinski definition) is 4. The van der Waals surface area contributed by atoms with Crippen molar-refractivity contribution in [1.82, 2.24) is 4.31 Å². The summed E-state index contributed by atoms with van der Waals surface area (Å²) in [6.45, 7) is 2.64. The van der Waals surface area contributed by atoms with Gasteiger partial charge in [0, 0.05) is 24.8 Å². The first-order chi connectivity index (χ1) is 15.6. The average molecular weight is 470 g/mol. The average Bonchev–Trinajstić information content (AvgIpc) is 2.75. The number of hydrogen-bond donors (Lipinski definition) is 2. The van der Waals surface area contributed by atoms with E-state index in [0.29, 0.717) is 16.9 Å². The molecule has 33 heavy (non-hydrogen) atoms. The molecule has 2 N–H and O–H groups in total. The van der Waals surface area contributed by atoms with Gasteiger partial charge in [0.25, 0.3) is 0 Å². The van der Waals surface area contributed by atoms with Gasteiger partial charge in [0.1, 0.15) is 5.82 Å². The largest absolute Gasteiger partial charge is 0.326 e. The second-order valence-corrected chi connectivity index (χ2v) is 9.46. The summed E-state index contributed by atoms with van der Waals surface area (Å²) in [5.74, 6) is -1.26. The number of halogens is 1. The molecule has 0 heterocycles. The third-order valence-corrected chi connectivity index (χ3v) is 6.52. The zero-order valence-corrected chi connectivity index (χ0v) is 19.0. The number of anilines is 2. The minimum Gasteiger partial charge on any atom is -0.326 e. The quantitative estimate of drug-likeness (QED) is 0.523. The molecule has 3 aromatic carbocycles. The van der Waals surface area contributed by atoms with E-state index in [4.69, 9.17) is 0 Å². The van der Waals surface area contributed by atoms with Gasteiger partial charge in [-0.3, -0.25) is 9.59 Å². The Labute approximate surface area is 192 Å². The van der Waals surface area contributed by atoms with Gasteiger partial charge in [-0.1, -0.05) is 35.9 Å². The first-order valence-corrected chi connectivity index (χ1v) is 11.6. The summed E-state index contributed by atoms with van der Waals surface area (Å²) in [7, 11) is -4.02. The van der Waals surface area contributed by atoms with Gasteiger partial charge in [-0.2, -0.15) is 4.31 Å². The fourth-order valence-electron chi connectivity index (χ4n) is 3.12. The van der Waals surface area contributed by atoms with Gasteiger partial charge in [-0.25, -0.2) is 12.8 Å². The topological polar surface area (TPSA) is 95.6 Å². The maximum atomic E-state index is 13.3. The Bertz CT molecular complexity index is 1240. The van der Waals surface area contributed by atoms with E-state index < -0.39 is 28.3 Å². The monoisotopic (exact) mass is 469 g/mol. The van der Waals surface area contributed by atoms with E-state index >= 15 is 0 Å². The number of aryl methyl sites for hydroxylation is 1. The summed E-state index contributed by atoms with van der Waals surface area (Å²) in [6, 6.07) is 18.3. The molecule has 0 saturated heterocycles. The Hall–Kier alpha value is -3.56. The summed E-state index contributed by atoms with van der Waals surface area (Å²) in [5.41, 5.74) is 2.33. The maximum Gasteiger partial charge on any atom is 0.243 e. The highest BCUT2D eigenvalue weighted by atomic mass is 32.2. The van der Waals surface area contributed by atoms with Crippen LogP contribution in [0.2, 0.25) is 0 Å². The molecule has 0 unspecified atom stereocenters. The normalized spacial score (nSPS) is 11.3. The number of amides is 2. The fourth-order valence-corrected chi connectivity index (χ4v) is 4.50. The van der Waals surface area contributed by atoms with Crippen LogP contribution in [0.1, 0.15) is 18.1 Å². The summed E-state index contributed by atoms with van der Waals surface area (Å²) in [4.78, 5) is 24.1. The van der Waals surface area contributed by atoms with Crippen molar-refractivity contribution in [3.05, 3.63) is 89.7 Å². The van der Waals surface area contributed by atoms with Crippen LogP contribution in [0, 0.1) is 12.7 Å². The molecule has 9 heteroatoms. The number of sulfonamides is 1. The van der Waals surface area contributed by atoms with Crippen LogP contribution in [0.3, 0.4) is 0 Å². The van der Waals surface area contributed by atoms with Gasteiger partial charge < -0.3 is 10.6 Å². The van der Waals surface area contributed by atoms with Crippen LogP contribution in [0.25, 0.3) is 0 Å². The molecule has 2 amide bonds. The number of carbonyl (C=O) groups excluding carboxylic acids is 2. The predicted octanol–water partition coefficient (Wildman–Crippen LogP) is 3.92. The Morgan fingerprint density at radius 3 is 2.12 bits per heavy atom. The third kappa shape index (κ3) is 6.71. The molecule has 3 aromatic rings. The van der Waals surface area contributed by atoms with E-state index in [-0.39, 0.29) is 17.3 Å². The van der Waals surface area contributed by atoms with E-state index in [1.165, 1.54) is 43.3 Å². The molecule has 0 aliphatic heterocycles. The molecule has 0 spiro atoms. The Kier molecular flexibility index (Phi) is 7.57. The lowest BCUT2D eigenvalue weighted by atomic mass is 10.2. The zero-order valence-electron chi connectivity index (χ0n) is 18.2. The molecule has 0 atom stereocenters. The van der Waals surface area contributed by atoms with Crippen LogP contribution in [0.4, 0.5) is 15.8 Å². The minimum atomic E-state index is -4.02. The van der Waals surface area contributed by atoms with Crippen molar-refractivity contribution in [1.29, 1.82) is 0 Å². The second-order valence-electron chi connectivity index (χ2n) is 7.52. The second kappa shape index (κ2) is 10.4. The molecular weight excluding hydrogens is 445 g/mol. The molecule has 0 saturated carbocycles. The number of rotatable bonds is 8. The predicted molar refractivity (Wildman–Crippen MR) is 125 cm³/mol. The van der Waals surface area contributed by atoms with Gasteiger partial charge in [-0.15, -0.1) is 0 Å². The molecule has 0 radical (unpaired) electrons. The van der Waals surface area contributed by atoms with Crippen LogP contribution in [0.5, 0.6) is 0 Å². The Morgan fingerprint density at radius 1 is 0.909 bits per heavy atom. The molecule has 0 aliphatic rings. The van der Waals surface area contributed by atoms with Crippen LogP contribution >= 0.6 is 0 Å². The first-order valence-electron chi connectivity index (χ1n) is 10.1. The molecule has 172 valence electrons. The van der Waals surface area contributed by atoms with Crippen LogP contribution < -0.4 is 10.6 Å². The van der Waals surface area contributed by atoms with E-state index in [2.05, 4.69) is 10.6 Å². The molecule has 0 fully saturated rings. The minimum absolute atomic E-state index is 0.0515. The van der Waals surface area contributed by atoms with E-state index in [9.17, 15) is 22.4 Å². The third-order valence-electron chi connectivity index (χ3n) is 4.72. The van der Waals surface area contributed by atoms with Gasteiger partial charge in [-0.05, 0) is 55.0 Å². The van der Waals surface area contributed by atoms with Crippen LogP contribution in [-0.2, 0) is 26.2 Å². The van der Waals surface area contributed by atoms with Gasteiger partial charge in [0.05, 0.1) is 11.4 Å².